The van der Waals surface area contributed by atoms with Crippen LogP contribution in [0.25, 0.3) is 32.9 Å². The van der Waals surface area contributed by atoms with Crippen LogP contribution in [0.3, 0.4) is 0 Å². The number of ether oxygens (including phenoxy) is 3. The summed E-state index contributed by atoms with van der Waals surface area (Å²) in [7, 11) is 8.83. The zero-order valence-corrected chi connectivity index (χ0v) is 72.4. The second-order valence-corrected chi connectivity index (χ2v) is 28.3. The van der Waals surface area contributed by atoms with E-state index in [0.717, 1.165) is 12.1 Å². The number of aromatic hydroxyl groups is 7. The third-order valence-electron chi connectivity index (χ3n) is 13.9. The van der Waals surface area contributed by atoms with Crippen LogP contribution in [0, 0.1) is 5.92 Å². The number of aldehydes is 2. The summed E-state index contributed by atoms with van der Waals surface area (Å²) in [4.78, 5) is 157. The monoisotopic (exact) mass is 1980 g/mol. The fourth-order valence-corrected chi connectivity index (χ4v) is 9.78. The summed E-state index contributed by atoms with van der Waals surface area (Å²) in [6.07, 6.45) is 1.84. The maximum Gasteiger partial charge on any atom is 0.351 e. The molecule has 0 bridgehead atoms. The van der Waals surface area contributed by atoms with Crippen LogP contribution in [0.2, 0.25) is 0 Å². The Bertz CT molecular complexity index is 4920. The number of carbonyl (C=O) groups excluding carboxylic acids is 9. The Morgan fingerprint density at radius 2 is 0.872 bits per heavy atom. The lowest BCUT2D eigenvalue weighted by molar-refractivity contribution is -0.148. The number of rotatable bonds is 24. The smallest absolute Gasteiger partial charge is 0.351 e. The molecule has 642 valence electrons. The molecule has 17 N–H and O–H groups in total. The lowest BCUT2D eigenvalue weighted by Gasteiger charge is -2.14. The number of esters is 3. The molecule has 36 nitrogen and oxygen atoms in total. The average Bonchev–Trinajstić information content (AvgIpc) is 0.805. The number of halogens is 7. The second-order valence-electron chi connectivity index (χ2n) is 22.3. The maximum absolute atomic E-state index is 12.7. The number of aliphatic hydroxyl groups is 1. The molecular formula is C73H84Br4Cl3N5O31S. The molecular weight excluding hydrogens is 1900 g/mol. The summed E-state index contributed by atoms with van der Waals surface area (Å²) in [5.41, 5.74) is 8.05. The average molecular weight is 1990 g/mol. The van der Waals surface area contributed by atoms with Crippen LogP contribution in [-0.2, 0) is 52.2 Å². The molecule has 3 amide bonds. The first kappa shape index (κ1) is 109. The Morgan fingerprint density at radius 1 is 0.504 bits per heavy atom. The van der Waals surface area contributed by atoms with Crippen LogP contribution >= 0.6 is 97.5 Å². The lowest BCUT2D eigenvalue weighted by atomic mass is 9.94. The van der Waals surface area contributed by atoms with Crippen molar-refractivity contribution in [2.24, 2.45) is 17.4 Å². The summed E-state index contributed by atoms with van der Waals surface area (Å²) in [5, 5.41) is 97.8. The normalized spacial score (nSPS) is 10.7. The van der Waals surface area contributed by atoms with E-state index in [1.54, 1.807) is 40.7 Å². The second kappa shape index (κ2) is 57.9. The van der Waals surface area contributed by atoms with Gasteiger partial charge in [0, 0.05) is 120 Å². The number of carbonyl (C=O) groups is 11. The van der Waals surface area contributed by atoms with Crippen molar-refractivity contribution in [2.45, 2.75) is 98.6 Å². The standard InChI is InChI=1S/C19H20BrNO7.C12H9BrO5.C10H5BrO5.C9H18N2O3.C7H5BrO3.C7H14N2O3.C7H6O3.C2H6O.Cl2OS.ClH/c1-3-27-18(25)10(4-5-17(24)21-2)8-14(22)12-6-11-7-13(20)15(23)9-16(11)28-19(12)26;1-2-17-11(15)7-3-6-4-8(13)9(14)5-10(6)18-12(7)16;11-6-2-4-1-5(9(13)14)10(15)16-8(4)3-7(6)12;1-3-11-8(12)6-5-7(10)9(13)14-4-2;8-5-1-4(3-9)6(10)2-7(5)11;1-2-9-6(10)4-3-5(8)7(11)12;8-4-5-1-2-6(9)3-7(5)10;1-2-3;1-4(2)3;/h6-7,9-10,23H,3-5,8H2,1-2H3,(H,21,24);3-5,14H,2H2,1H3;1-3,12H,(H,13,14);7H,3-6,10H2,1-2H3,(H,11,12);1-3,10-11H;5H,2-4,8H2,1H3,(H,9,10)(H,11,12);1-4,9-10H;3H,2H2,1H3;;1H/t10-;;;7-;;5-;;;;/m1..0.0..../s1. The van der Waals surface area contributed by atoms with Gasteiger partial charge in [-0.2, -0.15) is 0 Å². The fourth-order valence-electron chi connectivity index (χ4n) is 8.33. The topological polar surface area (TPSA) is 614 Å². The Labute approximate surface area is 716 Å². The number of Topliss-reactive ketones (excluding diaryl/α,β-unsaturated/α-hetero) is 1. The molecule has 8 aromatic rings. The summed E-state index contributed by atoms with van der Waals surface area (Å²) < 4.78 is 40.0. The Morgan fingerprint density at radius 3 is 1.26 bits per heavy atom. The first-order chi connectivity index (χ1) is 54.5. The van der Waals surface area contributed by atoms with Crippen molar-refractivity contribution in [3.8, 4) is 40.2 Å². The Kier molecular flexibility index (Phi) is 53.9. The van der Waals surface area contributed by atoms with E-state index in [2.05, 4.69) is 101 Å². The number of carboxylic acids is 2. The summed E-state index contributed by atoms with van der Waals surface area (Å²) >= 11 is 12.4. The SMILES string of the molecule is CCNC(=O)CC[C@H](N)C(=O)O.CCNC(=O)CC[C@H](N)C(=O)OCC.CCO.CCOC(=O)[C@H](CCC(=O)NC)CC(=O)c1cc2cc(Br)c(O)cc2oc1=O.CCOC(=O)c1cc2cc(Br)c(O)cc2oc1=O.Cl.O=C(O)c1cc2cc(Br)c(O)cc2oc1=O.O=Cc1cc(Br)c(O)cc1O.O=Cc1ccc(O)cc1O.O=S(Cl)Cl. The van der Waals surface area contributed by atoms with Crippen molar-refractivity contribution < 1.29 is 135 Å². The number of hydrogen-bond acceptors (Lipinski definition) is 31. The van der Waals surface area contributed by atoms with Gasteiger partial charge in [0.25, 0.3) is 0 Å². The number of nitrogens with one attached hydrogen (secondary N) is 3. The summed E-state index contributed by atoms with van der Waals surface area (Å²) in [6, 6.07) is 16.9. The Balaban J connectivity index is 0. The van der Waals surface area contributed by atoms with Gasteiger partial charge in [-0.1, -0.05) is 0 Å². The third-order valence-corrected chi connectivity index (χ3v) is 16.4. The van der Waals surface area contributed by atoms with E-state index in [0.29, 0.717) is 72.7 Å². The van der Waals surface area contributed by atoms with Gasteiger partial charge in [0.1, 0.15) is 85.8 Å². The molecule has 44 heteroatoms. The van der Waals surface area contributed by atoms with Crippen LogP contribution in [-0.4, -0.2) is 180 Å². The predicted molar refractivity (Wildman–Crippen MR) is 445 cm³/mol. The van der Waals surface area contributed by atoms with Crippen molar-refractivity contribution in [1.82, 2.24) is 16.0 Å². The zero-order valence-electron chi connectivity index (χ0n) is 62.9. The number of nitrogens with two attached hydrogens (primary N) is 2. The van der Waals surface area contributed by atoms with E-state index in [4.69, 9.17) is 78.9 Å². The molecule has 0 unspecified atom stereocenters. The van der Waals surface area contributed by atoms with Gasteiger partial charge in [-0.05, 0) is 179 Å². The molecule has 0 saturated heterocycles. The van der Waals surface area contributed by atoms with Gasteiger partial charge < -0.3 is 106 Å². The van der Waals surface area contributed by atoms with Gasteiger partial charge >= 0.3 is 46.7 Å². The van der Waals surface area contributed by atoms with Crippen LogP contribution in [0.5, 0.6) is 40.2 Å². The third kappa shape index (κ3) is 41.1. The van der Waals surface area contributed by atoms with Gasteiger partial charge in [0.2, 0.25) is 26.9 Å². The van der Waals surface area contributed by atoms with Crippen LogP contribution in [0.1, 0.15) is 138 Å². The van der Waals surface area contributed by atoms with Gasteiger partial charge in [-0.25, -0.2) is 28.2 Å². The highest BCUT2D eigenvalue weighted by Crippen LogP contribution is 2.33. The highest BCUT2D eigenvalue weighted by molar-refractivity contribution is 9.11. The van der Waals surface area contributed by atoms with E-state index in [9.17, 15) is 82.4 Å². The van der Waals surface area contributed by atoms with Gasteiger partial charge in [-0.3, -0.25) is 43.2 Å². The molecule has 8 rings (SSSR count). The quantitative estimate of drug-likeness (QED) is 0.00667. The minimum Gasteiger partial charge on any atom is -0.508 e. The fraction of sp³-hybridized carbons (Fsp3) is 0.315. The lowest BCUT2D eigenvalue weighted by Crippen LogP contribution is -2.34. The molecule has 0 fully saturated rings. The number of fused-ring (bicyclic) bond motifs is 3. The van der Waals surface area contributed by atoms with Gasteiger partial charge in [0.15, 0.2) is 18.4 Å². The molecule has 0 spiro atoms. The van der Waals surface area contributed by atoms with Crippen molar-refractivity contribution in [3.63, 3.8) is 0 Å². The highest BCUT2D eigenvalue weighted by Gasteiger charge is 2.27. The molecule has 3 heterocycles. The van der Waals surface area contributed by atoms with E-state index in [-0.39, 0.29) is 168 Å². The molecule has 0 aliphatic heterocycles. The van der Waals surface area contributed by atoms with Crippen molar-refractivity contribution in [1.29, 1.82) is 0 Å². The minimum atomic E-state index is -1.67. The number of carboxylic acid groups (broad SMARTS) is 2. The van der Waals surface area contributed by atoms with Crippen LogP contribution in [0.15, 0.2) is 130 Å². The number of hydrogen-bond donors (Lipinski definition) is 15. The van der Waals surface area contributed by atoms with E-state index < -0.39 is 85.3 Å². The highest BCUT2D eigenvalue weighted by atomic mass is 79.9. The molecule has 0 radical (unpaired) electrons. The Hall–Kier alpha value is -10.1. The van der Waals surface area contributed by atoms with Crippen LogP contribution < -0.4 is 44.3 Å². The molecule has 0 aliphatic carbocycles. The number of aromatic carboxylic acids is 1. The van der Waals surface area contributed by atoms with Gasteiger partial charge in [-0.15, -0.1) is 12.4 Å². The largest absolute Gasteiger partial charge is 0.508 e. The molecule has 0 saturated carbocycles. The van der Waals surface area contributed by atoms with Crippen molar-refractivity contribution in [3.05, 3.63) is 162 Å². The number of aliphatic carboxylic acids is 1. The van der Waals surface area contributed by atoms with Crippen molar-refractivity contribution in [2.75, 3.05) is 46.6 Å². The predicted octanol–water partition coefficient (Wildman–Crippen LogP) is 10.1. The molecule has 3 aromatic heterocycles. The molecule has 0 aliphatic rings. The first-order valence-electron chi connectivity index (χ1n) is 33.6. The number of aliphatic hydroxyl groups excluding tert-OH is 1. The zero-order chi connectivity index (χ0) is 88.8. The molecule has 5 aromatic carbocycles. The molecule has 117 heavy (non-hydrogen) atoms. The minimum absolute atomic E-state index is 0. The van der Waals surface area contributed by atoms with Crippen molar-refractivity contribution >= 4 is 206 Å². The van der Waals surface area contributed by atoms with E-state index >= 15 is 0 Å². The number of phenolic OH excluding ortho intramolecular Hbond substituents is 7. The number of ketones is 1. The number of phenols is 7. The summed E-state index contributed by atoms with van der Waals surface area (Å²) in [5.74, 6) is -6.95. The molecule has 3 atom stereocenters. The van der Waals surface area contributed by atoms with E-state index in [1.165, 1.54) is 73.8 Å². The number of amides is 3. The van der Waals surface area contributed by atoms with Gasteiger partial charge in [0.05, 0.1) is 54.8 Å². The van der Waals surface area contributed by atoms with E-state index in [1.807, 2.05) is 6.92 Å². The van der Waals surface area contributed by atoms with Crippen LogP contribution in [0.4, 0.5) is 0 Å². The number of benzene rings is 5. The maximum atomic E-state index is 12.7. The first-order valence-corrected chi connectivity index (χ1v) is 39.6. The summed E-state index contributed by atoms with van der Waals surface area (Å²) in [6.45, 7) is 12.3.